The van der Waals surface area contributed by atoms with Gasteiger partial charge in [0.2, 0.25) is 0 Å². The highest BCUT2D eigenvalue weighted by Crippen LogP contribution is 2.41. The summed E-state index contributed by atoms with van der Waals surface area (Å²) < 4.78 is 5.05. The molecule has 64 valence electrons. The van der Waals surface area contributed by atoms with Crippen LogP contribution in [0.3, 0.4) is 0 Å². The van der Waals surface area contributed by atoms with Crippen molar-refractivity contribution in [3.8, 4) is 0 Å². The molecule has 1 heterocycles. The van der Waals surface area contributed by atoms with Gasteiger partial charge in [0.05, 0.1) is 12.7 Å². The zero-order chi connectivity index (χ0) is 8.06. The number of hydrogen-bond donors (Lipinski definition) is 3. The summed E-state index contributed by atoms with van der Waals surface area (Å²) in [5.74, 6) is 0. The van der Waals surface area contributed by atoms with E-state index >= 15 is 0 Å². The highest BCUT2D eigenvalue weighted by atomic mass is 16.6. The van der Waals surface area contributed by atoms with E-state index in [1.54, 1.807) is 0 Å². The fourth-order valence-corrected chi connectivity index (χ4v) is 1.64. The van der Waals surface area contributed by atoms with Gasteiger partial charge in [0.15, 0.2) is 0 Å². The molecule has 1 saturated heterocycles. The minimum Gasteiger partial charge on any atom is -0.390 e. The Kier molecular flexibility index (Phi) is 1.47. The fraction of sp³-hybridized carbons (Fsp3) is 1.00. The minimum absolute atomic E-state index is 0.512. The SMILES string of the molecule is OC1CCC2(CO2)C(O)C1O. The summed E-state index contributed by atoms with van der Waals surface area (Å²) in [6, 6.07) is 0. The van der Waals surface area contributed by atoms with E-state index in [-0.39, 0.29) is 0 Å². The highest BCUT2D eigenvalue weighted by molar-refractivity contribution is 5.06. The third-order valence-electron chi connectivity index (χ3n) is 2.64. The molecule has 0 aromatic rings. The van der Waals surface area contributed by atoms with Crippen molar-refractivity contribution < 1.29 is 20.1 Å². The highest BCUT2D eigenvalue weighted by Gasteiger charge is 2.57. The van der Waals surface area contributed by atoms with E-state index in [1.807, 2.05) is 0 Å². The third kappa shape index (κ3) is 0.980. The second-order valence-corrected chi connectivity index (χ2v) is 3.39. The molecule has 1 aliphatic heterocycles. The second-order valence-electron chi connectivity index (χ2n) is 3.39. The van der Waals surface area contributed by atoms with Crippen LogP contribution in [0.2, 0.25) is 0 Å². The van der Waals surface area contributed by atoms with Gasteiger partial charge in [-0.1, -0.05) is 0 Å². The smallest absolute Gasteiger partial charge is 0.120 e. The van der Waals surface area contributed by atoms with Gasteiger partial charge in [-0.3, -0.25) is 0 Å². The normalized spacial score (nSPS) is 56.5. The standard InChI is InChI=1S/C7H12O4/c8-4-1-2-7(3-11-7)6(10)5(4)9/h4-6,8-10H,1-3H2. The lowest BCUT2D eigenvalue weighted by molar-refractivity contribution is -0.117. The van der Waals surface area contributed by atoms with Crippen molar-refractivity contribution in [2.75, 3.05) is 6.61 Å². The lowest BCUT2D eigenvalue weighted by atomic mass is 9.83. The Morgan fingerprint density at radius 3 is 2.45 bits per heavy atom. The first-order valence-electron chi connectivity index (χ1n) is 3.84. The average Bonchev–Trinajstić information content (AvgIpc) is 2.76. The predicted molar refractivity (Wildman–Crippen MR) is 35.9 cm³/mol. The van der Waals surface area contributed by atoms with Crippen LogP contribution in [0, 0.1) is 0 Å². The van der Waals surface area contributed by atoms with Crippen molar-refractivity contribution in [3.05, 3.63) is 0 Å². The molecule has 0 amide bonds. The third-order valence-corrected chi connectivity index (χ3v) is 2.64. The summed E-state index contributed by atoms with van der Waals surface area (Å²) in [4.78, 5) is 0. The van der Waals surface area contributed by atoms with Crippen LogP contribution in [-0.2, 0) is 4.74 Å². The number of hydrogen-bond acceptors (Lipinski definition) is 4. The van der Waals surface area contributed by atoms with Gasteiger partial charge in [-0.15, -0.1) is 0 Å². The van der Waals surface area contributed by atoms with Crippen LogP contribution in [0.5, 0.6) is 0 Å². The van der Waals surface area contributed by atoms with Gasteiger partial charge in [-0.25, -0.2) is 0 Å². The number of aliphatic hydroxyl groups excluding tert-OH is 3. The Morgan fingerprint density at radius 2 is 1.91 bits per heavy atom. The van der Waals surface area contributed by atoms with Gasteiger partial charge in [-0.05, 0) is 12.8 Å². The zero-order valence-corrected chi connectivity index (χ0v) is 6.10. The molecule has 4 heteroatoms. The summed E-state index contributed by atoms with van der Waals surface area (Å²) >= 11 is 0. The lowest BCUT2D eigenvalue weighted by Crippen LogP contribution is -2.51. The summed E-state index contributed by atoms with van der Waals surface area (Å²) in [6.45, 7) is 0.512. The van der Waals surface area contributed by atoms with E-state index in [0.717, 1.165) is 0 Å². The topological polar surface area (TPSA) is 73.2 Å². The van der Waals surface area contributed by atoms with Gasteiger partial charge in [0.1, 0.15) is 17.8 Å². The van der Waals surface area contributed by atoms with Crippen molar-refractivity contribution in [1.29, 1.82) is 0 Å². The predicted octanol–water partition coefficient (Wildman–Crippen LogP) is -1.37. The molecule has 11 heavy (non-hydrogen) atoms. The van der Waals surface area contributed by atoms with Gasteiger partial charge in [-0.2, -0.15) is 0 Å². The molecular weight excluding hydrogens is 148 g/mol. The van der Waals surface area contributed by atoms with Crippen LogP contribution >= 0.6 is 0 Å². The Balaban J connectivity index is 2.09. The Labute approximate surface area is 64.4 Å². The summed E-state index contributed by atoms with van der Waals surface area (Å²) in [6.07, 6.45) is -1.58. The molecule has 0 aromatic carbocycles. The number of ether oxygens (including phenoxy) is 1. The van der Waals surface area contributed by atoms with Crippen LogP contribution in [0.1, 0.15) is 12.8 Å². The van der Waals surface area contributed by atoms with Gasteiger partial charge in [0.25, 0.3) is 0 Å². The van der Waals surface area contributed by atoms with E-state index in [2.05, 4.69) is 0 Å². The molecule has 4 nitrogen and oxygen atoms in total. The summed E-state index contributed by atoms with van der Waals surface area (Å²) in [5.41, 5.74) is -0.515. The Bertz CT molecular complexity index is 166. The van der Waals surface area contributed by atoms with Gasteiger partial charge >= 0.3 is 0 Å². The van der Waals surface area contributed by atoms with E-state index in [0.29, 0.717) is 19.4 Å². The van der Waals surface area contributed by atoms with Gasteiger partial charge in [0, 0.05) is 0 Å². The van der Waals surface area contributed by atoms with Crippen molar-refractivity contribution in [2.45, 2.75) is 36.8 Å². The molecule has 4 unspecified atom stereocenters. The molecule has 0 bridgehead atoms. The average molecular weight is 160 g/mol. The van der Waals surface area contributed by atoms with Gasteiger partial charge < -0.3 is 20.1 Å². The molecule has 4 atom stereocenters. The Hall–Kier alpha value is -0.160. The molecule has 2 fully saturated rings. The first-order valence-corrected chi connectivity index (χ1v) is 3.84. The van der Waals surface area contributed by atoms with Crippen molar-refractivity contribution in [3.63, 3.8) is 0 Å². The largest absolute Gasteiger partial charge is 0.390 e. The van der Waals surface area contributed by atoms with E-state index in [9.17, 15) is 10.2 Å². The maximum absolute atomic E-state index is 9.40. The van der Waals surface area contributed by atoms with Crippen molar-refractivity contribution in [1.82, 2.24) is 0 Å². The van der Waals surface area contributed by atoms with Crippen molar-refractivity contribution in [2.24, 2.45) is 0 Å². The quantitative estimate of drug-likeness (QED) is 0.382. The molecule has 0 aromatic heterocycles. The first-order chi connectivity index (χ1) is 5.16. The second kappa shape index (κ2) is 2.17. The molecule has 1 saturated carbocycles. The number of epoxide rings is 1. The lowest BCUT2D eigenvalue weighted by Gasteiger charge is -2.33. The molecule has 2 aliphatic rings. The molecule has 0 radical (unpaired) electrons. The molecular formula is C7H12O4. The van der Waals surface area contributed by atoms with E-state index in [4.69, 9.17) is 9.84 Å². The van der Waals surface area contributed by atoms with Crippen LogP contribution in [0.15, 0.2) is 0 Å². The first kappa shape index (κ1) is 7.49. The van der Waals surface area contributed by atoms with Crippen LogP contribution in [0.4, 0.5) is 0 Å². The molecule has 1 aliphatic carbocycles. The monoisotopic (exact) mass is 160 g/mol. The minimum atomic E-state index is -1.04. The van der Waals surface area contributed by atoms with Crippen LogP contribution < -0.4 is 0 Å². The number of aliphatic hydroxyl groups is 3. The summed E-state index contributed by atoms with van der Waals surface area (Å²) in [5, 5.41) is 27.8. The maximum atomic E-state index is 9.40. The molecule has 2 rings (SSSR count). The molecule has 3 N–H and O–H groups in total. The van der Waals surface area contributed by atoms with Crippen molar-refractivity contribution >= 4 is 0 Å². The van der Waals surface area contributed by atoms with E-state index < -0.39 is 23.9 Å². The van der Waals surface area contributed by atoms with Crippen LogP contribution in [-0.4, -0.2) is 45.8 Å². The van der Waals surface area contributed by atoms with Crippen LogP contribution in [0.25, 0.3) is 0 Å². The van der Waals surface area contributed by atoms with E-state index in [1.165, 1.54) is 0 Å². The fourth-order valence-electron chi connectivity index (χ4n) is 1.64. The Morgan fingerprint density at radius 1 is 1.27 bits per heavy atom. The number of rotatable bonds is 0. The maximum Gasteiger partial charge on any atom is 0.120 e. The zero-order valence-electron chi connectivity index (χ0n) is 6.10. The summed E-state index contributed by atoms with van der Waals surface area (Å²) in [7, 11) is 0. The molecule has 1 spiro atoms.